The van der Waals surface area contributed by atoms with Gasteiger partial charge in [0.15, 0.2) is 0 Å². The maximum Gasteiger partial charge on any atom is 0.298 e. The van der Waals surface area contributed by atoms with Gasteiger partial charge in [-0.15, -0.1) is 0 Å². The molecule has 22 heavy (non-hydrogen) atoms. The van der Waals surface area contributed by atoms with E-state index in [1.165, 1.54) is 32.1 Å². The highest BCUT2D eigenvalue weighted by Gasteiger charge is 2.41. The van der Waals surface area contributed by atoms with Gasteiger partial charge in [-0.3, -0.25) is 4.90 Å². The Morgan fingerprint density at radius 3 is 2.64 bits per heavy atom. The van der Waals surface area contributed by atoms with Gasteiger partial charge >= 0.3 is 0 Å². The van der Waals surface area contributed by atoms with Crippen molar-refractivity contribution in [2.75, 3.05) is 19.4 Å². The summed E-state index contributed by atoms with van der Waals surface area (Å²) in [7, 11) is 0. The van der Waals surface area contributed by atoms with Crippen molar-refractivity contribution < 1.29 is 4.74 Å². The fourth-order valence-corrected chi connectivity index (χ4v) is 3.81. The van der Waals surface area contributed by atoms with Gasteiger partial charge < -0.3 is 4.74 Å². The summed E-state index contributed by atoms with van der Waals surface area (Å²) < 4.78 is 6.93. The van der Waals surface area contributed by atoms with Crippen molar-refractivity contribution in [2.45, 2.75) is 32.1 Å². The molecule has 0 radical (unpaired) electrons. The largest absolute Gasteiger partial charge is 0.464 e. The highest BCUT2D eigenvalue weighted by atomic mass is 32.2. The first-order valence-electron chi connectivity index (χ1n) is 7.84. The first-order valence-corrected chi connectivity index (χ1v) is 9.48. The topological polar surface area (TPSA) is 24.8 Å². The number of thiocarbonyl (C=S) groups is 1. The number of hydrogen-bond donors (Lipinski definition) is 0. The molecule has 5 heteroatoms. The lowest BCUT2D eigenvalue weighted by Crippen LogP contribution is -2.52. The lowest BCUT2D eigenvalue weighted by atomic mass is 9.74. The Bertz CT molecular complexity index is 553. The molecule has 0 atom stereocenters. The lowest BCUT2D eigenvalue weighted by Gasteiger charge is -2.45. The summed E-state index contributed by atoms with van der Waals surface area (Å²) in [6, 6.07) is 10.6. The molecule has 2 aliphatic rings. The van der Waals surface area contributed by atoms with Crippen LogP contribution in [-0.2, 0) is 4.74 Å². The number of benzene rings is 1. The molecule has 1 aliphatic carbocycles. The van der Waals surface area contributed by atoms with E-state index in [0.717, 1.165) is 23.2 Å². The number of para-hydroxylation sites is 1. The van der Waals surface area contributed by atoms with Crippen LogP contribution in [0.3, 0.4) is 0 Å². The van der Waals surface area contributed by atoms with E-state index in [9.17, 15) is 0 Å². The minimum absolute atomic E-state index is 0.258. The molecule has 1 saturated carbocycles. The molecule has 1 aromatic carbocycles. The fraction of sp³-hybridized carbons (Fsp3) is 0.529. The second kappa shape index (κ2) is 7.01. The predicted molar refractivity (Wildman–Crippen MR) is 97.8 cm³/mol. The Morgan fingerprint density at radius 2 is 1.95 bits per heavy atom. The van der Waals surface area contributed by atoms with Crippen molar-refractivity contribution >= 4 is 40.0 Å². The molecular formula is C17H22N2OS2. The molecule has 1 saturated heterocycles. The Morgan fingerprint density at radius 1 is 1.23 bits per heavy atom. The number of rotatable bonds is 1. The molecule has 1 aromatic rings. The summed E-state index contributed by atoms with van der Waals surface area (Å²) in [4.78, 5) is 6.77. The molecule has 0 unspecified atom stereocenters. The molecule has 0 amide bonds. The summed E-state index contributed by atoms with van der Waals surface area (Å²) in [5, 5.41) is 0. The Balaban J connectivity index is 1.84. The number of amidine groups is 1. The van der Waals surface area contributed by atoms with Gasteiger partial charge in [-0.1, -0.05) is 61.4 Å². The van der Waals surface area contributed by atoms with Crippen molar-refractivity contribution in [3.8, 4) is 0 Å². The summed E-state index contributed by atoms with van der Waals surface area (Å²) in [5.41, 5.74) is 1.17. The summed E-state index contributed by atoms with van der Waals surface area (Å²) in [5.74, 6) is 0. The van der Waals surface area contributed by atoms with E-state index < -0.39 is 0 Å². The molecule has 0 bridgehead atoms. The molecule has 3 nitrogen and oxygen atoms in total. The van der Waals surface area contributed by atoms with E-state index in [4.69, 9.17) is 17.0 Å². The van der Waals surface area contributed by atoms with Crippen LogP contribution >= 0.6 is 24.0 Å². The van der Waals surface area contributed by atoms with Gasteiger partial charge in [0.25, 0.3) is 6.02 Å². The quantitative estimate of drug-likeness (QED) is 0.701. The van der Waals surface area contributed by atoms with Gasteiger partial charge in [0.2, 0.25) is 0 Å². The number of hydrogen-bond acceptors (Lipinski definition) is 4. The number of ether oxygens (including phenoxy) is 1. The van der Waals surface area contributed by atoms with Crippen LogP contribution in [0.25, 0.3) is 0 Å². The molecule has 1 heterocycles. The highest BCUT2D eigenvalue weighted by molar-refractivity contribution is 8.22. The van der Waals surface area contributed by atoms with E-state index in [1.807, 2.05) is 36.6 Å². The third-order valence-electron chi connectivity index (χ3n) is 4.52. The zero-order chi connectivity index (χ0) is 15.4. The van der Waals surface area contributed by atoms with Gasteiger partial charge in [-0.05, 0) is 31.2 Å². The second-order valence-electron chi connectivity index (χ2n) is 6.14. The third kappa shape index (κ3) is 3.46. The van der Waals surface area contributed by atoms with Crippen molar-refractivity contribution in [3.63, 3.8) is 0 Å². The van der Waals surface area contributed by atoms with Crippen molar-refractivity contribution in [2.24, 2.45) is 10.4 Å². The molecule has 118 valence electrons. The molecule has 1 aliphatic heterocycles. The first-order chi connectivity index (χ1) is 10.7. The van der Waals surface area contributed by atoms with E-state index >= 15 is 0 Å². The van der Waals surface area contributed by atoms with Crippen LogP contribution in [-0.4, -0.2) is 34.6 Å². The van der Waals surface area contributed by atoms with Gasteiger partial charge in [0, 0.05) is 12.0 Å². The Labute approximate surface area is 142 Å². The van der Waals surface area contributed by atoms with Crippen LogP contribution in [0, 0.1) is 5.41 Å². The predicted octanol–water partition coefficient (Wildman–Crippen LogP) is 4.60. The zero-order valence-corrected chi connectivity index (χ0v) is 14.6. The normalized spacial score (nSPS) is 22.6. The summed E-state index contributed by atoms with van der Waals surface area (Å²) in [6.45, 7) is 1.71. The zero-order valence-electron chi connectivity index (χ0n) is 13.0. The van der Waals surface area contributed by atoms with Crippen molar-refractivity contribution in [1.29, 1.82) is 0 Å². The second-order valence-corrected chi connectivity index (χ2v) is 7.58. The monoisotopic (exact) mass is 334 g/mol. The van der Waals surface area contributed by atoms with E-state index in [-0.39, 0.29) is 5.41 Å². The molecule has 0 aromatic heterocycles. The van der Waals surface area contributed by atoms with Crippen LogP contribution in [0.4, 0.5) is 5.69 Å². The minimum Gasteiger partial charge on any atom is -0.464 e. The van der Waals surface area contributed by atoms with Crippen LogP contribution in [0.2, 0.25) is 0 Å². The van der Waals surface area contributed by atoms with Crippen molar-refractivity contribution in [1.82, 2.24) is 4.90 Å². The van der Waals surface area contributed by atoms with Crippen molar-refractivity contribution in [3.05, 3.63) is 30.3 Å². The SMILES string of the molecule is CSC(=S)N1CC2(CCCCC2)COC1=Nc1ccccc1. The minimum atomic E-state index is 0.258. The smallest absolute Gasteiger partial charge is 0.298 e. The van der Waals surface area contributed by atoms with E-state index in [1.54, 1.807) is 11.8 Å². The van der Waals surface area contributed by atoms with Crippen LogP contribution in [0.1, 0.15) is 32.1 Å². The van der Waals surface area contributed by atoms with E-state index in [2.05, 4.69) is 9.89 Å². The number of aliphatic imine (C=N–C) groups is 1. The average molecular weight is 335 g/mol. The standard InChI is InChI=1S/C17H22N2OS2/c1-22-16(21)19-12-17(10-6-3-7-11-17)13-20-15(19)18-14-8-4-2-5-9-14/h2,4-5,8-9H,3,6-7,10-13H2,1H3. The van der Waals surface area contributed by atoms with Gasteiger partial charge in [0.1, 0.15) is 4.32 Å². The number of thioether (sulfide) groups is 1. The van der Waals surface area contributed by atoms with Crippen LogP contribution < -0.4 is 0 Å². The summed E-state index contributed by atoms with van der Waals surface area (Å²) >= 11 is 7.14. The lowest BCUT2D eigenvalue weighted by molar-refractivity contribution is 0.0347. The molecule has 0 N–H and O–H groups in total. The van der Waals surface area contributed by atoms with Gasteiger partial charge in [-0.25, -0.2) is 0 Å². The molecule has 1 spiro atoms. The average Bonchev–Trinajstić information content (AvgIpc) is 2.58. The molecule has 2 fully saturated rings. The van der Waals surface area contributed by atoms with Crippen LogP contribution in [0.5, 0.6) is 0 Å². The van der Waals surface area contributed by atoms with Crippen LogP contribution in [0.15, 0.2) is 35.3 Å². The summed E-state index contributed by atoms with van der Waals surface area (Å²) in [6.07, 6.45) is 8.44. The van der Waals surface area contributed by atoms with Gasteiger partial charge in [-0.2, -0.15) is 4.99 Å². The molecular weight excluding hydrogens is 312 g/mol. The highest BCUT2D eigenvalue weighted by Crippen LogP contribution is 2.40. The maximum atomic E-state index is 6.09. The maximum absolute atomic E-state index is 6.09. The fourth-order valence-electron chi connectivity index (χ4n) is 3.31. The third-order valence-corrected chi connectivity index (χ3v) is 5.81. The molecule has 3 rings (SSSR count). The Kier molecular flexibility index (Phi) is 5.03. The number of nitrogens with zero attached hydrogens (tertiary/aromatic N) is 2. The van der Waals surface area contributed by atoms with E-state index in [0.29, 0.717) is 6.02 Å². The Hall–Kier alpha value is -1.07. The van der Waals surface area contributed by atoms with Gasteiger partial charge in [0.05, 0.1) is 12.3 Å². The first kappa shape index (κ1) is 15.8.